The number of aryl methyl sites for hydroxylation is 1. The average Bonchev–Trinajstić information content (AvgIpc) is 2.98. The molecule has 0 spiro atoms. The molecule has 1 amide bonds. The summed E-state index contributed by atoms with van der Waals surface area (Å²) in [6, 6.07) is 2.19. The molecule has 1 N–H and O–H groups in total. The molecule has 1 aromatic heterocycles. The number of nitrogens with one attached hydrogen (secondary N) is 1. The highest BCUT2D eigenvalue weighted by atomic mass is 35.5. The quantitative estimate of drug-likeness (QED) is 0.882. The number of nitrogens with zero attached hydrogens (tertiary/aromatic N) is 3. The van der Waals surface area contributed by atoms with E-state index in [1.54, 1.807) is 0 Å². The van der Waals surface area contributed by atoms with Crippen molar-refractivity contribution in [2.45, 2.75) is 52.2 Å². The number of carbonyl (C=O) groups is 1. The van der Waals surface area contributed by atoms with Crippen LogP contribution in [0.2, 0.25) is 5.15 Å². The monoisotopic (exact) mass is 352 g/mol. The number of hydrogen-bond donors (Lipinski definition) is 1. The maximum atomic E-state index is 12.2. The van der Waals surface area contributed by atoms with Crippen molar-refractivity contribution in [3.05, 3.63) is 16.8 Å². The van der Waals surface area contributed by atoms with Gasteiger partial charge in [0.1, 0.15) is 5.60 Å². The molecule has 1 aliphatic heterocycles. The summed E-state index contributed by atoms with van der Waals surface area (Å²) in [5.74, 6) is 1.85. The van der Waals surface area contributed by atoms with Crippen molar-refractivity contribution in [3.63, 3.8) is 0 Å². The standard InChI is InChI=1S/C17H25ClN4O2/c1-10-5-14(18)20-21-15(10)19-13-6-11-8-22(9-12(11)7-13)16(23)24-17(2,3)4/h5,11-13H,6-9H2,1-4H3,(H,19,21)/t11-,12?,13+/m1/s1. The SMILES string of the molecule is Cc1cc(Cl)nnc1N[C@@H]1CC2CN(C(=O)OC(C)(C)C)C[C@H]2C1. The number of halogens is 1. The molecule has 2 heterocycles. The second-order valence-corrected chi connectivity index (χ2v) is 8.30. The second-order valence-electron chi connectivity index (χ2n) is 7.92. The first-order valence-electron chi connectivity index (χ1n) is 8.45. The molecule has 7 heteroatoms. The Morgan fingerprint density at radius 2 is 1.92 bits per heavy atom. The van der Waals surface area contributed by atoms with Crippen LogP contribution in [0.3, 0.4) is 0 Å². The van der Waals surface area contributed by atoms with E-state index >= 15 is 0 Å². The summed E-state index contributed by atoms with van der Waals surface area (Å²) >= 11 is 5.85. The van der Waals surface area contributed by atoms with E-state index in [1.165, 1.54) is 0 Å². The van der Waals surface area contributed by atoms with E-state index in [2.05, 4.69) is 15.5 Å². The largest absolute Gasteiger partial charge is 0.444 e. The Balaban J connectivity index is 1.54. The van der Waals surface area contributed by atoms with Gasteiger partial charge in [-0.3, -0.25) is 0 Å². The van der Waals surface area contributed by atoms with Gasteiger partial charge in [-0.05, 0) is 64.0 Å². The number of amides is 1. The number of carbonyl (C=O) groups excluding carboxylic acids is 1. The van der Waals surface area contributed by atoms with Gasteiger partial charge in [-0.1, -0.05) is 11.6 Å². The van der Waals surface area contributed by atoms with E-state index in [-0.39, 0.29) is 6.09 Å². The van der Waals surface area contributed by atoms with E-state index in [4.69, 9.17) is 16.3 Å². The Labute approximate surface area is 147 Å². The van der Waals surface area contributed by atoms with Gasteiger partial charge in [0.15, 0.2) is 11.0 Å². The number of likely N-dealkylation sites (tertiary alicyclic amines) is 1. The van der Waals surface area contributed by atoms with Crippen LogP contribution >= 0.6 is 11.6 Å². The average molecular weight is 353 g/mol. The van der Waals surface area contributed by atoms with E-state index in [0.717, 1.165) is 37.3 Å². The Bertz CT molecular complexity index is 618. The molecule has 1 unspecified atom stereocenters. The molecule has 1 aromatic rings. The van der Waals surface area contributed by atoms with Gasteiger partial charge in [0, 0.05) is 19.1 Å². The van der Waals surface area contributed by atoms with Crippen LogP contribution < -0.4 is 5.32 Å². The van der Waals surface area contributed by atoms with Gasteiger partial charge in [0.2, 0.25) is 0 Å². The predicted octanol–water partition coefficient (Wildman–Crippen LogP) is 3.50. The molecule has 6 nitrogen and oxygen atoms in total. The first kappa shape index (κ1) is 17.3. The normalized spacial score (nSPS) is 26.4. The molecular formula is C17H25ClN4O2. The fourth-order valence-electron chi connectivity index (χ4n) is 3.68. The van der Waals surface area contributed by atoms with Crippen LogP contribution in [0, 0.1) is 18.8 Å². The summed E-state index contributed by atoms with van der Waals surface area (Å²) < 4.78 is 5.48. The third kappa shape index (κ3) is 3.91. The lowest BCUT2D eigenvalue weighted by Gasteiger charge is -2.25. The fraction of sp³-hybridized carbons (Fsp3) is 0.706. The maximum absolute atomic E-state index is 12.2. The van der Waals surface area contributed by atoms with Crippen molar-refractivity contribution in [3.8, 4) is 0 Å². The topological polar surface area (TPSA) is 67.4 Å². The zero-order valence-corrected chi connectivity index (χ0v) is 15.4. The number of aromatic nitrogens is 2. The summed E-state index contributed by atoms with van der Waals surface area (Å²) in [6.45, 7) is 9.24. The third-order valence-corrected chi connectivity index (χ3v) is 4.88. The Morgan fingerprint density at radius 3 is 2.46 bits per heavy atom. The van der Waals surface area contributed by atoms with Gasteiger partial charge in [-0.25, -0.2) is 4.79 Å². The maximum Gasteiger partial charge on any atom is 0.410 e. The van der Waals surface area contributed by atoms with Crippen molar-refractivity contribution in [1.29, 1.82) is 0 Å². The summed E-state index contributed by atoms with van der Waals surface area (Å²) in [4.78, 5) is 14.0. The summed E-state index contributed by atoms with van der Waals surface area (Å²) in [5, 5.41) is 11.9. The van der Waals surface area contributed by atoms with Crippen LogP contribution in [0.5, 0.6) is 0 Å². The first-order valence-corrected chi connectivity index (χ1v) is 8.83. The van der Waals surface area contributed by atoms with Crippen molar-refractivity contribution in [1.82, 2.24) is 15.1 Å². The smallest absolute Gasteiger partial charge is 0.410 e. The minimum Gasteiger partial charge on any atom is -0.444 e. The number of anilines is 1. The van der Waals surface area contributed by atoms with Crippen LogP contribution in [0.15, 0.2) is 6.07 Å². The van der Waals surface area contributed by atoms with E-state index in [9.17, 15) is 4.79 Å². The molecule has 1 saturated heterocycles. The number of rotatable bonds is 2. The lowest BCUT2D eigenvalue weighted by Crippen LogP contribution is -2.36. The van der Waals surface area contributed by atoms with Crippen molar-refractivity contribution < 1.29 is 9.53 Å². The van der Waals surface area contributed by atoms with Crippen molar-refractivity contribution >= 4 is 23.5 Å². The summed E-state index contributed by atoms with van der Waals surface area (Å²) in [5.41, 5.74) is 0.561. The Morgan fingerprint density at radius 1 is 1.29 bits per heavy atom. The minimum absolute atomic E-state index is 0.194. The summed E-state index contributed by atoms with van der Waals surface area (Å²) in [6.07, 6.45) is 1.88. The van der Waals surface area contributed by atoms with Gasteiger partial charge in [0.05, 0.1) is 0 Å². The van der Waals surface area contributed by atoms with Crippen LogP contribution in [0.4, 0.5) is 10.6 Å². The van der Waals surface area contributed by atoms with Gasteiger partial charge < -0.3 is 15.0 Å². The van der Waals surface area contributed by atoms with E-state index in [1.807, 2.05) is 38.7 Å². The van der Waals surface area contributed by atoms with Gasteiger partial charge in [0.25, 0.3) is 0 Å². The van der Waals surface area contributed by atoms with Gasteiger partial charge in [-0.2, -0.15) is 0 Å². The number of hydrogen-bond acceptors (Lipinski definition) is 5. The zero-order chi connectivity index (χ0) is 17.5. The van der Waals surface area contributed by atoms with Crippen LogP contribution in [-0.4, -0.2) is 45.9 Å². The van der Waals surface area contributed by atoms with Crippen molar-refractivity contribution in [2.75, 3.05) is 18.4 Å². The molecule has 3 rings (SSSR count). The molecule has 0 bridgehead atoms. The molecule has 132 valence electrons. The fourth-order valence-corrected chi connectivity index (χ4v) is 3.88. The second kappa shape index (κ2) is 6.39. The molecule has 1 saturated carbocycles. The molecule has 24 heavy (non-hydrogen) atoms. The number of fused-ring (bicyclic) bond motifs is 1. The minimum atomic E-state index is -0.441. The van der Waals surface area contributed by atoms with E-state index < -0.39 is 5.60 Å². The lowest BCUT2D eigenvalue weighted by atomic mass is 10.0. The van der Waals surface area contributed by atoms with Crippen LogP contribution in [-0.2, 0) is 4.74 Å². The van der Waals surface area contributed by atoms with Gasteiger partial charge in [-0.15, -0.1) is 10.2 Å². The highest BCUT2D eigenvalue weighted by Gasteiger charge is 2.43. The predicted molar refractivity (Wildman–Crippen MR) is 93.2 cm³/mol. The molecule has 0 aromatic carbocycles. The van der Waals surface area contributed by atoms with E-state index in [0.29, 0.717) is 23.0 Å². The molecule has 1 aliphatic carbocycles. The first-order chi connectivity index (χ1) is 11.2. The van der Waals surface area contributed by atoms with Gasteiger partial charge >= 0.3 is 6.09 Å². The van der Waals surface area contributed by atoms with Crippen molar-refractivity contribution in [2.24, 2.45) is 11.8 Å². The lowest BCUT2D eigenvalue weighted by molar-refractivity contribution is 0.0280. The van der Waals surface area contributed by atoms with Crippen LogP contribution in [0.1, 0.15) is 39.2 Å². The third-order valence-electron chi connectivity index (χ3n) is 4.70. The Kier molecular flexibility index (Phi) is 4.60. The van der Waals surface area contributed by atoms with Crippen LogP contribution in [0.25, 0.3) is 0 Å². The molecular weight excluding hydrogens is 328 g/mol. The molecule has 2 fully saturated rings. The number of ether oxygens (including phenoxy) is 1. The highest BCUT2D eigenvalue weighted by Crippen LogP contribution is 2.39. The molecule has 2 aliphatic rings. The molecule has 0 radical (unpaired) electrons. The molecule has 3 atom stereocenters. The highest BCUT2D eigenvalue weighted by molar-refractivity contribution is 6.29. The Hall–Kier alpha value is -1.56. The zero-order valence-electron chi connectivity index (χ0n) is 14.7. The summed E-state index contributed by atoms with van der Waals surface area (Å²) in [7, 11) is 0.